The number of aryl methyl sites for hydroxylation is 1. The van der Waals surface area contributed by atoms with Gasteiger partial charge in [0.25, 0.3) is 0 Å². The largest absolute Gasteiger partial charge is 0.508 e. The molecule has 3 rings (SSSR count). The Labute approximate surface area is 160 Å². The van der Waals surface area contributed by atoms with Crippen LogP contribution in [-0.4, -0.2) is 49.8 Å². The van der Waals surface area contributed by atoms with Gasteiger partial charge < -0.3 is 24.8 Å². The molecule has 1 fully saturated rings. The van der Waals surface area contributed by atoms with Crippen molar-refractivity contribution in [2.45, 2.75) is 19.6 Å². The maximum absolute atomic E-state index is 10.1. The Balaban J connectivity index is 1.68. The molecule has 27 heavy (non-hydrogen) atoms. The summed E-state index contributed by atoms with van der Waals surface area (Å²) in [7, 11) is 3.38. The Hall–Kier alpha value is -2.73. The van der Waals surface area contributed by atoms with E-state index in [1.54, 1.807) is 26.3 Å². The van der Waals surface area contributed by atoms with E-state index in [4.69, 9.17) is 9.47 Å². The molecule has 6 nitrogen and oxygen atoms in total. The van der Waals surface area contributed by atoms with Gasteiger partial charge in [-0.05, 0) is 36.2 Å². The zero-order valence-corrected chi connectivity index (χ0v) is 16.1. The molecule has 1 unspecified atom stereocenters. The van der Waals surface area contributed by atoms with Crippen LogP contribution in [0.2, 0.25) is 0 Å². The fraction of sp³-hybridized carbons (Fsp3) is 0.381. The van der Waals surface area contributed by atoms with Gasteiger partial charge in [0, 0.05) is 25.7 Å². The van der Waals surface area contributed by atoms with Crippen molar-refractivity contribution in [3.63, 3.8) is 0 Å². The van der Waals surface area contributed by atoms with Crippen LogP contribution in [0.5, 0.6) is 11.5 Å². The molecule has 2 aromatic carbocycles. The van der Waals surface area contributed by atoms with Crippen LogP contribution in [0.3, 0.4) is 0 Å². The summed E-state index contributed by atoms with van der Waals surface area (Å²) in [5.74, 6) is 1.74. The normalized spacial score (nSPS) is 17.7. The summed E-state index contributed by atoms with van der Waals surface area (Å²) < 4.78 is 11.2. The smallest absolute Gasteiger partial charge is 0.194 e. The lowest BCUT2D eigenvalue weighted by molar-refractivity contribution is -0.00834. The van der Waals surface area contributed by atoms with E-state index in [2.05, 4.69) is 34.3 Å². The van der Waals surface area contributed by atoms with Gasteiger partial charge in [-0.2, -0.15) is 0 Å². The number of methoxy groups -OCH3 is 1. The van der Waals surface area contributed by atoms with Crippen molar-refractivity contribution in [2.24, 2.45) is 4.99 Å². The number of benzene rings is 2. The van der Waals surface area contributed by atoms with Gasteiger partial charge in [0.05, 0.1) is 20.3 Å². The number of phenolic OH excluding ortho intramolecular Hbond substituents is 1. The summed E-state index contributed by atoms with van der Waals surface area (Å²) in [4.78, 5) is 6.60. The highest BCUT2D eigenvalue weighted by Crippen LogP contribution is 2.25. The minimum Gasteiger partial charge on any atom is -0.508 e. The van der Waals surface area contributed by atoms with Crippen molar-refractivity contribution in [3.05, 3.63) is 59.2 Å². The third kappa shape index (κ3) is 4.52. The van der Waals surface area contributed by atoms with E-state index in [0.29, 0.717) is 18.9 Å². The molecule has 1 aliphatic heterocycles. The topological polar surface area (TPSA) is 66.3 Å². The third-order valence-corrected chi connectivity index (χ3v) is 4.84. The molecule has 0 saturated carbocycles. The molecular formula is C21H27N3O3. The summed E-state index contributed by atoms with van der Waals surface area (Å²) in [5.41, 5.74) is 3.20. The average Bonchev–Trinajstić information content (AvgIpc) is 2.70. The highest BCUT2D eigenvalue weighted by Gasteiger charge is 2.25. The van der Waals surface area contributed by atoms with Crippen molar-refractivity contribution >= 4 is 5.96 Å². The van der Waals surface area contributed by atoms with Crippen LogP contribution in [0, 0.1) is 6.92 Å². The SMILES string of the molecule is CN=C(NCc1cc(OC)ccc1O)N1CCOC(c2ccccc2C)C1. The molecule has 0 radical (unpaired) electrons. The first-order valence-electron chi connectivity index (χ1n) is 9.11. The number of phenols is 1. The summed E-state index contributed by atoms with van der Waals surface area (Å²) in [6.45, 7) is 4.71. The average molecular weight is 369 g/mol. The van der Waals surface area contributed by atoms with E-state index < -0.39 is 0 Å². The highest BCUT2D eigenvalue weighted by atomic mass is 16.5. The lowest BCUT2D eigenvalue weighted by Crippen LogP contribution is -2.48. The van der Waals surface area contributed by atoms with Crippen molar-refractivity contribution in [3.8, 4) is 11.5 Å². The van der Waals surface area contributed by atoms with Crippen LogP contribution < -0.4 is 10.1 Å². The molecule has 144 valence electrons. The highest BCUT2D eigenvalue weighted by molar-refractivity contribution is 5.80. The first kappa shape index (κ1) is 19.0. The zero-order valence-electron chi connectivity index (χ0n) is 16.1. The van der Waals surface area contributed by atoms with E-state index in [0.717, 1.165) is 24.6 Å². The Morgan fingerprint density at radius 3 is 2.89 bits per heavy atom. The molecule has 1 heterocycles. The van der Waals surface area contributed by atoms with Gasteiger partial charge in [-0.3, -0.25) is 4.99 Å². The molecule has 0 spiro atoms. The molecule has 0 amide bonds. The van der Waals surface area contributed by atoms with Gasteiger partial charge in [0.1, 0.15) is 17.6 Å². The van der Waals surface area contributed by atoms with Gasteiger partial charge in [-0.1, -0.05) is 24.3 Å². The molecule has 2 N–H and O–H groups in total. The number of ether oxygens (including phenoxy) is 2. The summed E-state index contributed by atoms with van der Waals surface area (Å²) >= 11 is 0. The number of guanidine groups is 1. The van der Waals surface area contributed by atoms with Crippen molar-refractivity contribution in [1.29, 1.82) is 0 Å². The van der Waals surface area contributed by atoms with Crippen LogP contribution in [0.1, 0.15) is 22.8 Å². The Morgan fingerprint density at radius 2 is 2.15 bits per heavy atom. The number of hydrogen-bond acceptors (Lipinski definition) is 4. The molecule has 0 aromatic heterocycles. The third-order valence-electron chi connectivity index (χ3n) is 4.84. The predicted molar refractivity (Wildman–Crippen MR) is 106 cm³/mol. The molecule has 6 heteroatoms. The molecule has 1 aliphatic rings. The minimum absolute atomic E-state index is 0.0173. The first-order chi connectivity index (χ1) is 13.1. The predicted octanol–water partition coefficient (Wildman–Crippen LogP) is 2.86. The van der Waals surface area contributed by atoms with Gasteiger partial charge in [0.15, 0.2) is 5.96 Å². The van der Waals surface area contributed by atoms with E-state index in [-0.39, 0.29) is 11.9 Å². The number of aliphatic imine (C=N–C) groups is 1. The zero-order chi connectivity index (χ0) is 19.2. The van der Waals surface area contributed by atoms with Gasteiger partial charge >= 0.3 is 0 Å². The second-order valence-electron chi connectivity index (χ2n) is 6.56. The van der Waals surface area contributed by atoms with Crippen LogP contribution in [0.4, 0.5) is 0 Å². The van der Waals surface area contributed by atoms with Crippen molar-refractivity contribution < 1.29 is 14.6 Å². The number of nitrogens with zero attached hydrogens (tertiary/aromatic N) is 2. The molecular weight excluding hydrogens is 342 g/mol. The molecule has 1 saturated heterocycles. The minimum atomic E-state index is 0.0173. The molecule has 2 aromatic rings. The number of aromatic hydroxyl groups is 1. The Bertz CT molecular complexity index is 807. The summed E-state index contributed by atoms with van der Waals surface area (Å²) in [6, 6.07) is 13.5. The summed E-state index contributed by atoms with van der Waals surface area (Å²) in [6.07, 6.45) is 0.0173. The maximum Gasteiger partial charge on any atom is 0.194 e. The molecule has 0 aliphatic carbocycles. The standard InChI is InChI=1S/C21H27N3O3/c1-15-6-4-5-7-18(15)20-14-24(10-11-27-20)21(22-2)23-13-16-12-17(26-3)8-9-19(16)25/h4-9,12,20,25H,10-11,13-14H2,1-3H3,(H,22,23). The van der Waals surface area contributed by atoms with E-state index >= 15 is 0 Å². The van der Waals surface area contributed by atoms with Crippen molar-refractivity contribution in [2.75, 3.05) is 33.9 Å². The summed E-state index contributed by atoms with van der Waals surface area (Å²) in [5, 5.41) is 13.4. The molecule has 1 atom stereocenters. The fourth-order valence-electron chi connectivity index (χ4n) is 3.31. The van der Waals surface area contributed by atoms with E-state index in [1.807, 2.05) is 18.2 Å². The van der Waals surface area contributed by atoms with E-state index in [9.17, 15) is 5.11 Å². The number of rotatable bonds is 4. The number of nitrogens with one attached hydrogen (secondary N) is 1. The Kier molecular flexibility index (Phi) is 6.19. The second-order valence-corrected chi connectivity index (χ2v) is 6.56. The first-order valence-corrected chi connectivity index (χ1v) is 9.11. The quantitative estimate of drug-likeness (QED) is 0.641. The molecule has 0 bridgehead atoms. The van der Waals surface area contributed by atoms with Crippen LogP contribution in [-0.2, 0) is 11.3 Å². The lowest BCUT2D eigenvalue weighted by atomic mass is 10.0. The van der Waals surface area contributed by atoms with Crippen molar-refractivity contribution in [1.82, 2.24) is 10.2 Å². The monoisotopic (exact) mass is 369 g/mol. The van der Waals surface area contributed by atoms with Gasteiger partial charge in [-0.25, -0.2) is 0 Å². The Morgan fingerprint density at radius 1 is 1.33 bits per heavy atom. The van der Waals surface area contributed by atoms with E-state index in [1.165, 1.54) is 11.1 Å². The van der Waals surface area contributed by atoms with Gasteiger partial charge in [0.2, 0.25) is 0 Å². The van der Waals surface area contributed by atoms with Gasteiger partial charge in [-0.15, -0.1) is 0 Å². The lowest BCUT2D eigenvalue weighted by Gasteiger charge is -2.35. The van der Waals surface area contributed by atoms with Crippen LogP contribution >= 0.6 is 0 Å². The number of hydrogen-bond donors (Lipinski definition) is 2. The number of morpholine rings is 1. The second kappa shape index (κ2) is 8.77. The maximum atomic E-state index is 10.1. The van der Waals surface area contributed by atoms with Crippen LogP contribution in [0.15, 0.2) is 47.5 Å². The van der Waals surface area contributed by atoms with Crippen LogP contribution in [0.25, 0.3) is 0 Å². The fourth-order valence-corrected chi connectivity index (χ4v) is 3.31.